The molecule has 4 nitrogen and oxygen atoms in total. The average molecular weight is 382 g/mol. The summed E-state index contributed by atoms with van der Waals surface area (Å²) in [7, 11) is 1.55. The van der Waals surface area contributed by atoms with E-state index in [2.05, 4.69) is 0 Å². The maximum atomic E-state index is 13.1. The fourth-order valence-electron chi connectivity index (χ4n) is 2.43. The predicted octanol–water partition coefficient (Wildman–Crippen LogP) is 4.64. The number of carboxylic acid groups (broad SMARTS) is 1. The minimum Gasteiger partial charge on any atom is -0.497 e. The molecule has 0 aromatic heterocycles. The SMILES string of the molecule is COc1ccc(Sc2ccc3c(c2)OC(C(F)(F)F)C(C(=O)O)=C3)cc1. The Hall–Kier alpha value is -2.61. The van der Waals surface area contributed by atoms with Crippen LogP contribution in [0.1, 0.15) is 5.56 Å². The van der Waals surface area contributed by atoms with E-state index in [1.165, 1.54) is 23.9 Å². The third kappa shape index (κ3) is 3.80. The van der Waals surface area contributed by atoms with Gasteiger partial charge in [-0.05, 0) is 42.5 Å². The number of methoxy groups -OCH3 is 1. The Morgan fingerprint density at radius 1 is 1.15 bits per heavy atom. The van der Waals surface area contributed by atoms with Crippen molar-refractivity contribution in [2.75, 3.05) is 7.11 Å². The van der Waals surface area contributed by atoms with E-state index < -0.39 is 23.8 Å². The molecule has 1 aliphatic rings. The van der Waals surface area contributed by atoms with E-state index in [1.54, 1.807) is 25.3 Å². The number of fused-ring (bicyclic) bond motifs is 1. The molecule has 1 heterocycles. The number of ether oxygens (including phenoxy) is 2. The van der Waals surface area contributed by atoms with Crippen LogP contribution in [0, 0.1) is 0 Å². The van der Waals surface area contributed by atoms with Gasteiger partial charge < -0.3 is 14.6 Å². The third-order valence-electron chi connectivity index (χ3n) is 3.66. The summed E-state index contributed by atoms with van der Waals surface area (Å²) < 4.78 is 49.4. The Morgan fingerprint density at radius 3 is 2.38 bits per heavy atom. The first kappa shape index (κ1) is 18.2. The van der Waals surface area contributed by atoms with Crippen molar-refractivity contribution in [3.8, 4) is 11.5 Å². The molecule has 0 radical (unpaired) electrons. The minimum absolute atomic E-state index is 0.00385. The molecule has 8 heteroatoms. The van der Waals surface area contributed by atoms with Gasteiger partial charge in [0, 0.05) is 15.4 Å². The summed E-state index contributed by atoms with van der Waals surface area (Å²) in [5.74, 6) is -0.965. The van der Waals surface area contributed by atoms with Crippen molar-refractivity contribution in [1.29, 1.82) is 0 Å². The van der Waals surface area contributed by atoms with Crippen LogP contribution < -0.4 is 9.47 Å². The zero-order valence-corrected chi connectivity index (χ0v) is 14.2. The lowest BCUT2D eigenvalue weighted by molar-refractivity contribution is -0.187. The number of hydrogen-bond acceptors (Lipinski definition) is 4. The van der Waals surface area contributed by atoms with Crippen LogP contribution in [0.25, 0.3) is 6.08 Å². The second-order valence-electron chi connectivity index (χ2n) is 5.42. The van der Waals surface area contributed by atoms with Crippen LogP contribution >= 0.6 is 11.8 Å². The topological polar surface area (TPSA) is 55.8 Å². The number of alkyl halides is 3. The van der Waals surface area contributed by atoms with E-state index in [0.717, 1.165) is 11.0 Å². The number of halogens is 3. The summed E-state index contributed by atoms with van der Waals surface area (Å²) in [4.78, 5) is 12.7. The standard InChI is InChI=1S/C18H13F3O4S/c1-24-11-3-6-12(7-4-11)26-13-5-2-10-8-14(17(22)23)16(18(19,20)21)25-15(10)9-13/h2-9,16H,1H3,(H,22,23). The molecule has 1 N–H and O–H groups in total. The highest BCUT2D eigenvalue weighted by Gasteiger charge is 2.48. The van der Waals surface area contributed by atoms with E-state index in [4.69, 9.17) is 14.6 Å². The molecular formula is C18H13F3O4S. The monoisotopic (exact) mass is 382 g/mol. The van der Waals surface area contributed by atoms with E-state index in [0.29, 0.717) is 16.2 Å². The minimum atomic E-state index is -4.82. The zero-order valence-electron chi connectivity index (χ0n) is 13.4. The molecule has 0 saturated heterocycles. The Balaban J connectivity index is 1.90. The van der Waals surface area contributed by atoms with Gasteiger partial charge in [-0.15, -0.1) is 0 Å². The van der Waals surface area contributed by atoms with Gasteiger partial charge in [-0.2, -0.15) is 13.2 Å². The molecule has 1 atom stereocenters. The van der Waals surface area contributed by atoms with Crippen LogP contribution in [0.2, 0.25) is 0 Å². The quantitative estimate of drug-likeness (QED) is 0.835. The molecule has 2 aromatic carbocycles. The van der Waals surface area contributed by atoms with E-state index in [-0.39, 0.29) is 5.75 Å². The van der Waals surface area contributed by atoms with Crippen molar-refractivity contribution in [1.82, 2.24) is 0 Å². The van der Waals surface area contributed by atoms with Crippen molar-refractivity contribution in [3.63, 3.8) is 0 Å². The largest absolute Gasteiger partial charge is 0.497 e. The zero-order chi connectivity index (χ0) is 18.9. The molecule has 1 aliphatic heterocycles. The molecule has 0 fully saturated rings. The number of hydrogen-bond donors (Lipinski definition) is 1. The lowest BCUT2D eigenvalue weighted by Gasteiger charge is -2.27. The lowest BCUT2D eigenvalue weighted by Crippen LogP contribution is -2.40. The molecule has 0 amide bonds. The summed E-state index contributed by atoms with van der Waals surface area (Å²) in [6.45, 7) is 0. The molecule has 0 aliphatic carbocycles. The van der Waals surface area contributed by atoms with Crippen LogP contribution in [-0.4, -0.2) is 30.5 Å². The molecule has 136 valence electrons. The van der Waals surface area contributed by atoms with Crippen LogP contribution in [0.15, 0.2) is 57.8 Å². The van der Waals surface area contributed by atoms with Gasteiger partial charge in [-0.1, -0.05) is 17.8 Å². The van der Waals surface area contributed by atoms with Gasteiger partial charge in [0.15, 0.2) is 0 Å². The van der Waals surface area contributed by atoms with E-state index in [1.807, 2.05) is 12.1 Å². The van der Waals surface area contributed by atoms with Crippen molar-refractivity contribution in [2.45, 2.75) is 22.1 Å². The Morgan fingerprint density at radius 2 is 1.81 bits per heavy atom. The number of carbonyl (C=O) groups is 1. The molecule has 0 bridgehead atoms. The summed E-state index contributed by atoms with van der Waals surface area (Å²) in [5.41, 5.74) is -0.539. The fraction of sp³-hybridized carbons (Fsp3) is 0.167. The van der Waals surface area contributed by atoms with Gasteiger partial charge >= 0.3 is 12.1 Å². The summed E-state index contributed by atoms with van der Waals surface area (Å²) >= 11 is 1.34. The van der Waals surface area contributed by atoms with Crippen molar-refractivity contribution in [3.05, 3.63) is 53.6 Å². The molecule has 0 spiro atoms. The van der Waals surface area contributed by atoms with Crippen molar-refractivity contribution in [2.24, 2.45) is 0 Å². The summed E-state index contributed by atoms with van der Waals surface area (Å²) in [5, 5.41) is 9.03. The first-order valence-corrected chi connectivity index (χ1v) is 8.24. The molecule has 26 heavy (non-hydrogen) atoms. The summed E-state index contributed by atoms with van der Waals surface area (Å²) in [6.07, 6.45) is -6.31. The average Bonchev–Trinajstić information content (AvgIpc) is 2.60. The Kier molecular flexibility index (Phi) is 4.86. The lowest BCUT2D eigenvalue weighted by atomic mass is 10.0. The number of aliphatic carboxylic acids is 1. The van der Waals surface area contributed by atoms with Crippen molar-refractivity contribution >= 4 is 23.8 Å². The number of rotatable bonds is 4. The van der Waals surface area contributed by atoms with Crippen LogP contribution in [0.4, 0.5) is 13.2 Å². The second kappa shape index (κ2) is 6.95. The first-order valence-electron chi connectivity index (χ1n) is 7.42. The normalized spacial score (nSPS) is 16.3. The highest BCUT2D eigenvalue weighted by molar-refractivity contribution is 7.99. The molecular weight excluding hydrogens is 369 g/mol. The predicted molar refractivity (Wildman–Crippen MR) is 89.6 cm³/mol. The van der Waals surface area contributed by atoms with Gasteiger partial charge in [-0.3, -0.25) is 0 Å². The maximum Gasteiger partial charge on any atom is 0.430 e. The van der Waals surface area contributed by atoms with Gasteiger partial charge in [0.2, 0.25) is 6.10 Å². The van der Waals surface area contributed by atoms with Gasteiger partial charge in [0.25, 0.3) is 0 Å². The Labute approximate surface area is 151 Å². The highest BCUT2D eigenvalue weighted by atomic mass is 32.2. The van der Waals surface area contributed by atoms with Gasteiger partial charge in [0.05, 0.1) is 12.7 Å². The first-order chi connectivity index (χ1) is 12.3. The van der Waals surface area contributed by atoms with Crippen molar-refractivity contribution < 1.29 is 32.5 Å². The smallest absolute Gasteiger partial charge is 0.430 e. The van der Waals surface area contributed by atoms with Crippen LogP contribution in [0.3, 0.4) is 0 Å². The molecule has 3 rings (SSSR count). The maximum absolute atomic E-state index is 13.1. The van der Waals surface area contributed by atoms with Gasteiger partial charge in [0.1, 0.15) is 11.5 Å². The third-order valence-corrected chi connectivity index (χ3v) is 4.66. The highest BCUT2D eigenvalue weighted by Crippen LogP contribution is 2.40. The molecule has 1 unspecified atom stereocenters. The van der Waals surface area contributed by atoms with Gasteiger partial charge in [-0.25, -0.2) is 4.79 Å². The summed E-state index contributed by atoms with van der Waals surface area (Å²) in [6, 6.07) is 11.9. The number of carboxylic acids is 1. The number of benzene rings is 2. The van der Waals surface area contributed by atoms with E-state index in [9.17, 15) is 18.0 Å². The van der Waals surface area contributed by atoms with Crippen LogP contribution in [-0.2, 0) is 4.79 Å². The fourth-order valence-corrected chi connectivity index (χ4v) is 3.28. The molecule has 2 aromatic rings. The van der Waals surface area contributed by atoms with E-state index >= 15 is 0 Å². The van der Waals surface area contributed by atoms with Crippen LogP contribution in [0.5, 0.6) is 11.5 Å². The molecule has 0 saturated carbocycles. The second-order valence-corrected chi connectivity index (χ2v) is 6.57. The Bertz CT molecular complexity index is 860.